The summed E-state index contributed by atoms with van der Waals surface area (Å²) in [5, 5.41) is 4.06. The molecule has 0 saturated carbocycles. The van der Waals surface area contributed by atoms with Crippen LogP contribution in [0.25, 0.3) is 11.0 Å². The van der Waals surface area contributed by atoms with Crippen LogP contribution in [0.2, 0.25) is 5.02 Å². The van der Waals surface area contributed by atoms with Gasteiger partial charge in [0.25, 0.3) is 0 Å². The SMILES string of the molecule is C=C1N(Cc2nc3ccc(Cl)cc3n2NNC(=O)C(C)(C)C)c2cnccc2C12CCNCC2. The molecule has 2 aliphatic rings. The summed E-state index contributed by atoms with van der Waals surface area (Å²) < 4.78 is 1.79. The Kier molecular flexibility index (Phi) is 5.53. The maximum atomic E-state index is 12.6. The van der Waals surface area contributed by atoms with Gasteiger partial charge < -0.3 is 10.2 Å². The topological polar surface area (TPSA) is 87.1 Å². The molecule has 1 saturated heterocycles. The fourth-order valence-corrected chi connectivity index (χ4v) is 5.09. The van der Waals surface area contributed by atoms with E-state index in [1.807, 2.05) is 51.4 Å². The molecule has 0 bridgehead atoms. The Morgan fingerprint density at radius 3 is 2.76 bits per heavy atom. The molecule has 178 valence electrons. The second kappa shape index (κ2) is 8.29. The number of imidazole rings is 1. The Labute approximate surface area is 204 Å². The molecule has 34 heavy (non-hydrogen) atoms. The quantitative estimate of drug-likeness (QED) is 0.492. The first-order chi connectivity index (χ1) is 16.2. The Balaban J connectivity index is 1.54. The van der Waals surface area contributed by atoms with Crippen LogP contribution in [-0.2, 0) is 16.8 Å². The maximum Gasteiger partial charge on any atom is 0.244 e. The van der Waals surface area contributed by atoms with E-state index in [0.29, 0.717) is 11.6 Å². The smallest absolute Gasteiger partial charge is 0.244 e. The van der Waals surface area contributed by atoms with E-state index < -0.39 is 5.41 Å². The van der Waals surface area contributed by atoms with Gasteiger partial charge in [0.2, 0.25) is 5.91 Å². The molecule has 8 nitrogen and oxygen atoms in total. The van der Waals surface area contributed by atoms with Gasteiger partial charge >= 0.3 is 0 Å². The second-order valence-corrected chi connectivity index (χ2v) is 10.5. The van der Waals surface area contributed by atoms with Crippen molar-refractivity contribution in [3.63, 3.8) is 0 Å². The zero-order chi connectivity index (χ0) is 24.1. The number of hydrazine groups is 1. The average molecular weight is 480 g/mol. The van der Waals surface area contributed by atoms with Crippen LogP contribution in [0, 0.1) is 5.41 Å². The third kappa shape index (κ3) is 3.71. The number of fused-ring (bicyclic) bond motifs is 3. The highest BCUT2D eigenvalue weighted by molar-refractivity contribution is 6.31. The molecule has 2 aromatic heterocycles. The van der Waals surface area contributed by atoms with Crippen molar-refractivity contribution < 1.29 is 4.79 Å². The Bertz CT molecular complexity index is 1270. The van der Waals surface area contributed by atoms with E-state index in [0.717, 1.165) is 54.2 Å². The molecule has 0 unspecified atom stereocenters. The number of aromatic nitrogens is 3. The third-order valence-corrected chi connectivity index (χ3v) is 7.12. The summed E-state index contributed by atoms with van der Waals surface area (Å²) in [5.74, 6) is 0.601. The zero-order valence-electron chi connectivity index (χ0n) is 19.8. The van der Waals surface area contributed by atoms with Crippen LogP contribution in [-0.4, -0.2) is 33.6 Å². The van der Waals surface area contributed by atoms with Crippen molar-refractivity contribution in [1.29, 1.82) is 0 Å². The highest BCUT2D eigenvalue weighted by atomic mass is 35.5. The number of nitrogens with zero attached hydrogens (tertiary/aromatic N) is 4. The molecule has 9 heteroatoms. The molecule has 1 fully saturated rings. The third-order valence-electron chi connectivity index (χ3n) is 6.89. The normalized spacial score (nSPS) is 17.3. The van der Waals surface area contributed by atoms with Gasteiger partial charge in [-0.25, -0.2) is 15.2 Å². The number of anilines is 1. The summed E-state index contributed by atoms with van der Waals surface area (Å²) in [6.45, 7) is 12.5. The van der Waals surface area contributed by atoms with E-state index in [4.69, 9.17) is 16.6 Å². The average Bonchev–Trinajstić information content (AvgIpc) is 3.26. The first kappa shape index (κ1) is 22.7. The Hall–Kier alpha value is -3.10. The first-order valence-electron chi connectivity index (χ1n) is 11.6. The van der Waals surface area contributed by atoms with Crippen LogP contribution in [0.1, 0.15) is 45.0 Å². The molecular formula is C25H30ClN7O. The molecule has 0 aliphatic carbocycles. The molecule has 1 aromatic carbocycles. The first-order valence-corrected chi connectivity index (χ1v) is 11.9. The summed E-state index contributed by atoms with van der Waals surface area (Å²) in [7, 11) is 0. The van der Waals surface area contributed by atoms with E-state index >= 15 is 0 Å². The van der Waals surface area contributed by atoms with Gasteiger partial charge in [-0.05, 0) is 55.8 Å². The minimum Gasteiger partial charge on any atom is -0.336 e. The van der Waals surface area contributed by atoms with Gasteiger partial charge in [-0.2, -0.15) is 0 Å². The Morgan fingerprint density at radius 1 is 1.26 bits per heavy atom. The highest BCUT2D eigenvalue weighted by Gasteiger charge is 2.47. The highest BCUT2D eigenvalue weighted by Crippen LogP contribution is 2.52. The number of carbonyl (C=O) groups excluding carboxylic acids is 1. The van der Waals surface area contributed by atoms with Crippen LogP contribution in [0.3, 0.4) is 0 Å². The summed E-state index contributed by atoms with van der Waals surface area (Å²) in [6, 6.07) is 7.66. The summed E-state index contributed by atoms with van der Waals surface area (Å²) in [5.41, 5.74) is 10.2. The van der Waals surface area contributed by atoms with Gasteiger partial charge in [0.15, 0.2) is 0 Å². The van der Waals surface area contributed by atoms with Crippen molar-refractivity contribution in [2.45, 2.75) is 45.6 Å². The number of carbonyl (C=O) groups is 1. The van der Waals surface area contributed by atoms with Crippen molar-refractivity contribution >= 4 is 34.2 Å². The van der Waals surface area contributed by atoms with Crippen molar-refractivity contribution in [3.8, 4) is 0 Å². The van der Waals surface area contributed by atoms with Crippen molar-refractivity contribution in [1.82, 2.24) is 25.4 Å². The van der Waals surface area contributed by atoms with Crippen LogP contribution in [0.4, 0.5) is 5.69 Å². The van der Waals surface area contributed by atoms with E-state index in [-0.39, 0.29) is 11.3 Å². The number of rotatable bonds is 4. The van der Waals surface area contributed by atoms with Gasteiger partial charge in [-0.1, -0.05) is 39.0 Å². The predicted octanol–water partition coefficient (Wildman–Crippen LogP) is 3.86. The second-order valence-electron chi connectivity index (χ2n) is 10.1. The molecular weight excluding hydrogens is 450 g/mol. The fraction of sp³-hybridized carbons (Fsp3) is 0.400. The lowest BCUT2D eigenvalue weighted by Gasteiger charge is -2.36. The minimum absolute atomic E-state index is 0.0996. The number of allylic oxidation sites excluding steroid dienone is 1. The van der Waals surface area contributed by atoms with Crippen LogP contribution < -0.4 is 21.2 Å². The van der Waals surface area contributed by atoms with E-state index in [1.165, 1.54) is 5.56 Å². The molecule has 3 aromatic rings. The van der Waals surface area contributed by atoms with Crippen molar-refractivity contribution in [3.05, 3.63) is 65.3 Å². The molecule has 2 aliphatic heterocycles. The number of nitrogens with one attached hydrogen (secondary N) is 3. The van der Waals surface area contributed by atoms with Crippen LogP contribution >= 0.6 is 11.6 Å². The monoisotopic (exact) mass is 479 g/mol. The molecule has 1 amide bonds. The van der Waals surface area contributed by atoms with E-state index in [9.17, 15) is 4.79 Å². The Morgan fingerprint density at radius 2 is 2.03 bits per heavy atom. The molecule has 0 atom stereocenters. The number of halogens is 1. The molecule has 3 N–H and O–H groups in total. The van der Waals surface area contributed by atoms with Gasteiger partial charge in [-0.3, -0.25) is 15.2 Å². The molecule has 1 spiro atoms. The zero-order valence-corrected chi connectivity index (χ0v) is 20.5. The van der Waals surface area contributed by atoms with Gasteiger partial charge in [0, 0.05) is 27.7 Å². The maximum absolute atomic E-state index is 12.6. The van der Waals surface area contributed by atoms with Gasteiger partial charge in [0.05, 0.1) is 29.5 Å². The lowest BCUT2D eigenvalue weighted by molar-refractivity contribution is -0.128. The lowest BCUT2D eigenvalue weighted by Crippen LogP contribution is -2.43. The predicted molar refractivity (Wildman–Crippen MR) is 135 cm³/mol. The molecule has 5 rings (SSSR count). The number of hydrogen-bond acceptors (Lipinski definition) is 6. The summed E-state index contributed by atoms with van der Waals surface area (Å²) in [4.78, 5) is 24.1. The molecule has 0 radical (unpaired) electrons. The number of hydrogen-bond donors (Lipinski definition) is 3. The minimum atomic E-state index is -0.545. The fourth-order valence-electron chi connectivity index (χ4n) is 4.92. The number of piperidine rings is 1. The van der Waals surface area contributed by atoms with Crippen molar-refractivity contribution in [2.75, 3.05) is 23.5 Å². The summed E-state index contributed by atoms with van der Waals surface area (Å²) in [6.07, 6.45) is 5.76. The number of benzene rings is 1. The largest absolute Gasteiger partial charge is 0.336 e. The van der Waals surface area contributed by atoms with E-state index in [2.05, 4.69) is 38.8 Å². The molecule has 4 heterocycles. The number of amides is 1. The van der Waals surface area contributed by atoms with E-state index in [1.54, 1.807) is 4.68 Å². The van der Waals surface area contributed by atoms with Gasteiger partial charge in [-0.15, -0.1) is 0 Å². The van der Waals surface area contributed by atoms with Gasteiger partial charge in [0.1, 0.15) is 5.82 Å². The summed E-state index contributed by atoms with van der Waals surface area (Å²) >= 11 is 6.30. The van der Waals surface area contributed by atoms with Crippen LogP contribution in [0.5, 0.6) is 0 Å². The standard InChI is InChI=1S/C25H30ClN7O/c1-16-25(8-11-27-12-9-25)18-7-10-28-14-21(18)32(16)15-22-29-19-6-5-17(26)13-20(19)33(22)31-30-23(34)24(2,3)4/h5-7,10,13-14,27,31H,1,8-9,11-12,15H2,2-4H3,(H,30,34). The van der Waals surface area contributed by atoms with Crippen molar-refractivity contribution in [2.24, 2.45) is 5.41 Å². The lowest BCUT2D eigenvalue weighted by atomic mass is 9.73. The van der Waals surface area contributed by atoms with Crippen LogP contribution in [0.15, 0.2) is 48.9 Å². The number of pyridine rings is 1.